The first-order valence-electron chi connectivity index (χ1n) is 5.47. The molecule has 0 saturated carbocycles. The molecule has 0 amide bonds. The van der Waals surface area contributed by atoms with Crippen molar-refractivity contribution in [3.05, 3.63) is 40.2 Å². The number of hydrogen-bond donors (Lipinski definition) is 0. The van der Waals surface area contributed by atoms with Crippen LogP contribution in [-0.4, -0.2) is 4.98 Å². The molecule has 0 aliphatic carbocycles. The Labute approximate surface area is 106 Å². The lowest BCUT2D eigenvalue weighted by Crippen LogP contribution is -2.10. The third-order valence-electron chi connectivity index (χ3n) is 2.65. The second-order valence-corrected chi connectivity index (χ2v) is 5.84. The van der Waals surface area contributed by atoms with Crippen molar-refractivity contribution in [1.82, 2.24) is 4.98 Å². The van der Waals surface area contributed by atoms with Crippen molar-refractivity contribution < 1.29 is 0 Å². The van der Waals surface area contributed by atoms with Crippen LogP contribution in [0.25, 0.3) is 11.3 Å². The first kappa shape index (κ1) is 11.8. The SMILES string of the molecule is CC(C)(C)c1ccc(-c2csc(C#N)n2)cc1. The first-order chi connectivity index (χ1) is 8.00. The zero-order chi connectivity index (χ0) is 12.5. The number of thiazole rings is 1. The Morgan fingerprint density at radius 3 is 2.29 bits per heavy atom. The molecule has 0 bridgehead atoms. The van der Waals surface area contributed by atoms with Gasteiger partial charge >= 0.3 is 0 Å². The van der Waals surface area contributed by atoms with Gasteiger partial charge in [-0.25, -0.2) is 4.98 Å². The summed E-state index contributed by atoms with van der Waals surface area (Å²) < 4.78 is 0. The fourth-order valence-electron chi connectivity index (χ4n) is 1.60. The molecule has 0 N–H and O–H groups in total. The summed E-state index contributed by atoms with van der Waals surface area (Å²) in [7, 11) is 0. The molecule has 1 aromatic carbocycles. The highest BCUT2D eigenvalue weighted by atomic mass is 32.1. The number of nitrogens with zero attached hydrogens (tertiary/aromatic N) is 2. The molecule has 1 heterocycles. The van der Waals surface area contributed by atoms with Crippen LogP contribution in [0, 0.1) is 11.3 Å². The van der Waals surface area contributed by atoms with Crippen LogP contribution in [0.2, 0.25) is 0 Å². The molecule has 0 spiro atoms. The first-order valence-corrected chi connectivity index (χ1v) is 6.35. The average molecular weight is 242 g/mol. The van der Waals surface area contributed by atoms with E-state index in [1.807, 2.05) is 5.38 Å². The standard InChI is InChI=1S/C14H14N2S/c1-14(2,3)11-6-4-10(5-7-11)12-9-17-13(8-15)16-12/h4-7,9H,1-3H3. The Balaban J connectivity index is 2.33. The lowest BCUT2D eigenvalue weighted by atomic mass is 9.86. The van der Waals surface area contributed by atoms with Crippen molar-refractivity contribution in [2.75, 3.05) is 0 Å². The van der Waals surface area contributed by atoms with Gasteiger partial charge in [0.25, 0.3) is 0 Å². The minimum Gasteiger partial charge on any atom is -0.226 e. The Bertz CT molecular complexity index is 553. The fraction of sp³-hybridized carbons (Fsp3) is 0.286. The van der Waals surface area contributed by atoms with Gasteiger partial charge in [0.2, 0.25) is 0 Å². The van der Waals surface area contributed by atoms with Gasteiger partial charge in [0.15, 0.2) is 5.01 Å². The van der Waals surface area contributed by atoms with Crippen molar-refractivity contribution in [1.29, 1.82) is 5.26 Å². The number of aromatic nitrogens is 1. The Morgan fingerprint density at radius 2 is 1.82 bits per heavy atom. The smallest absolute Gasteiger partial charge is 0.194 e. The molecule has 0 aliphatic rings. The van der Waals surface area contributed by atoms with E-state index in [2.05, 4.69) is 56.1 Å². The van der Waals surface area contributed by atoms with Crippen LogP contribution >= 0.6 is 11.3 Å². The minimum absolute atomic E-state index is 0.165. The lowest BCUT2D eigenvalue weighted by molar-refractivity contribution is 0.590. The molecular weight excluding hydrogens is 228 g/mol. The van der Waals surface area contributed by atoms with Crippen LogP contribution in [0.15, 0.2) is 29.6 Å². The third-order valence-corrected chi connectivity index (χ3v) is 3.39. The van der Waals surface area contributed by atoms with Gasteiger partial charge in [-0.15, -0.1) is 11.3 Å². The fourth-order valence-corrected chi connectivity index (χ4v) is 2.21. The molecule has 2 rings (SSSR count). The quantitative estimate of drug-likeness (QED) is 0.758. The summed E-state index contributed by atoms with van der Waals surface area (Å²) in [6, 6.07) is 10.4. The molecule has 0 aliphatic heterocycles. The van der Waals surface area contributed by atoms with E-state index in [0.717, 1.165) is 11.3 Å². The van der Waals surface area contributed by atoms with Crippen LogP contribution in [0.3, 0.4) is 0 Å². The highest BCUT2D eigenvalue weighted by Gasteiger charge is 2.13. The minimum atomic E-state index is 0.165. The van der Waals surface area contributed by atoms with Crippen LogP contribution in [0.5, 0.6) is 0 Å². The summed E-state index contributed by atoms with van der Waals surface area (Å²) in [5, 5.41) is 11.2. The maximum Gasteiger partial charge on any atom is 0.194 e. The predicted molar refractivity (Wildman–Crippen MR) is 71.0 cm³/mol. The lowest BCUT2D eigenvalue weighted by Gasteiger charge is -2.18. The number of benzene rings is 1. The second kappa shape index (κ2) is 4.31. The highest BCUT2D eigenvalue weighted by Crippen LogP contribution is 2.26. The van der Waals surface area contributed by atoms with Crippen LogP contribution in [-0.2, 0) is 5.41 Å². The summed E-state index contributed by atoms with van der Waals surface area (Å²) in [6.07, 6.45) is 0. The molecule has 17 heavy (non-hydrogen) atoms. The summed E-state index contributed by atoms with van der Waals surface area (Å²) in [6.45, 7) is 6.58. The van der Waals surface area contributed by atoms with Crippen molar-refractivity contribution in [3.63, 3.8) is 0 Å². The van der Waals surface area contributed by atoms with E-state index >= 15 is 0 Å². The summed E-state index contributed by atoms with van der Waals surface area (Å²) >= 11 is 1.38. The largest absolute Gasteiger partial charge is 0.226 e. The molecule has 3 heteroatoms. The van der Waals surface area contributed by atoms with Crippen molar-refractivity contribution >= 4 is 11.3 Å². The van der Waals surface area contributed by atoms with Crippen LogP contribution in [0.4, 0.5) is 0 Å². The van der Waals surface area contributed by atoms with E-state index in [1.165, 1.54) is 16.9 Å². The molecule has 0 unspecified atom stereocenters. The number of hydrogen-bond acceptors (Lipinski definition) is 3. The zero-order valence-electron chi connectivity index (χ0n) is 10.2. The van der Waals surface area contributed by atoms with Gasteiger partial charge < -0.3 is 0 Å². The predicted octanol–water partition coefficient (Wildman–Crippen LogP) is 3.98. The topological polar surface area (TPSA) is 36.7 Å². The van der Waals surface area contributed by atoms with Crippen LogP contribution < -0.4 is 0 Å². The van der Waals surface area contributed by atoms with E-state index in [1.54, 1.807) is 0 Å². The van der Waals surface area contributed by atoms with Crippen LogP contribution in [0.1, 0.15) is 31.3 Å². The number of rotatable bonds is 1. The van der Waals surface area contributed by atoms with Gasteiger partial charge in [-0.05, 0) is 11.0 Å². The summed E-state index contributed by atoms with van der Waals surface area (Å²) in [5.41, 5.74) is 3.41. The molecule has 2 nitrogen and oxygen atoms in total. The Hall–Kier alpha value is -1.66. The third kappa shape index (κ3) is 2.54. The molecule has 1 aromatic heterocycles. The molecule has 2 aromatic rings. The van der Waals surface area contributed by atoms with E-state index in [9.17, 15) is 0 Å². The molecule has 0 fully saturated rings. The van der Waals surface area contributed by atoms with E-state index in [-0.39, 0.29) is 5.41 Å². The molecule has 0 atom stereocenters. The van der Waals surface area contributed by atoms with Gasteiger partial charge in [-0.3, -0.25) is 0 Å². The molecule has 0 radical (unpaired) electrons. The Kier molecular flexibility index (Phi) is 2.99. The van der Waals surface area contributed by atoms with Gasteiger partial charge in [0, 0.05) is 10.9 Å². The van der Waals surface area contributed by atoms with Crippen molar-refractivity contribution in [3.8, 4) is 17.3 Å². The Morgan fingerprint density at radius 1 is 1.18 bits per heavy atom. The van der Waals surface area contributed by atoms with Crippen molar-refractivity contribution in [2.24, 2.45) is 0 Å². The maximum atomic E-state index is 8.75. The van der Waals surface area contributed by atoms with Gasteiger partial charge in [-0.2, -0.15) is 5.26 Å². The normalized spacial score (nSPS) is 11.2. The summed E-state index contributed by atoms with van der Waals surface area (Å²) in [4.78, 5) is 4.25. The average Bonchev–Trinajstić information content (AvgIpc) is 2.76. The van der Waals surface area contributed by atoms with Gasteiger partial charge in [-0.1, -0.05) is 45.0 Å². The van der Waals surface area contributed by atoms with E-state index < -0.39 is 0 Å². The summed E-state index contributed by atoms with van der Waals surface area (Å²) in [5.74, 6) is 0. The molecule has 86 valence electrons. The van der Waals surface area contributed by atoms with E-state index in [0.29, 0.717) is 5.01 Å². The molecule has 0 saturated heterocycles. The monoisotopic (exact) mass is 242 g/mol. The van der Waals surface area contributed by atoms with Gasteiger partial charge in [0.05, 0.1) is 5.69 Å². The zero-order valence-corrected chi connectivity index (χ0v) is 11.0. The van der Waals surface area contributed by atoms with Crippen molar-refractivity contribution in [2.45, 2.75) is 26.2 Å². The second-order valence-electron chi connectivity index (χ2n) is 4.98. The maximum absolute atomic E-state index is 8.75. The molecular formula is C14H14N2S. The van der Waals surface area contributed by atoms with Gasteiger partial charge in [0.1, 0.15) is 6.07 Å². The highest BCUT2D eigenvalue weighted by molar-refractivity contribution is 7.10. The number of nitriles is 1. The van der Waals surface area contributed by atoms with E-state index in [4.69, 9.17) is 5.26 Å².